The number of nitrogens with zero attached hydrogens (tertiary/aromatic N) is 1. The van der Waals surface area contributed by atoms with Crippen molar-refractivity contribution in [2.24, 2.45) is 0 Å². The maximum absolute atomic E-state index is 6.16. The number of hydrogen-bond acceptors (Lipinski definition) is 4. The molecule has 0 aliphatic carbocycles. The Morgan fingerprint density at radius 1 is 1.00 bits per heavy atom. The van der Waals surface area contributed by atoms with Gasteiger partial charge in [0.1, 0.15) is 18.2 Å². The van der Waals surface area contributed by atoms with Crippen molar-refractivity contribution < 1.29 is 4.74 Å². The van der Waals surface area contributed by atoms with E-state index in [2.05, 4.69) is 34.3 Å². The maximum atomic E-state index is 6.16. The highest BCUT2D eigenvalue weighted by molar-refractivity contribution is 7.18. The van der Waals surface area contributed by atoms with Gasteiger partial charge in [0.2, 0.25) is 0 Å². The summed E-state index contributed by atoms with van der Waals surface area (Å²) in [6.07, 6.45) is 1.73. The van der Waals surface area contributed by atoms with E-state index in [1.807, 2.05) is 48.5 Å². The van der Waals surface area contributed by atoms with E-state index >= 15 is 0 Å². The van der Waals surface area contributed by atoms with E-state index in [1.165, 1.54) is 0 Å². The number of benzene rings is 2. The molecule has 4 rings (SSSR count). The number of ether oxygens (including phenoxy) is 1. The number of pyridine rings is 1. The minimum absolute atomic E-state index is 0.326. The summed E-state index contributed by atoms with van der Waals surface area (Å²) in [6.45, 7) is 0.326. The van der Waals surface area contributed by atoms with Gasteiger partial charge < -0.3 is 10.5 Å². The number of nitrogen functional groups attached to an aromatic ring is 1. The molecule has 0 atom stereocenters. The fourth-order valence-corrected chi connectivity index (χ4v) is 3.81. The van der Waals surface area contributed by atoms with Gasteiger partial charge in [0, 0.05) is 17.1 Å². The van der Waals surface area contributed by atoms with E-state index in [1.54, 1.807) is 17.5 Å². The molecule has 0 radical (unpaired) electrons. The third-order valence-electron chi connectivity index (χ3n) is 3.99. The standard InChI is InChI=1S/C22H16N2OS/c23-22-20-19(16-8-3-1-4-9-16)15-26-21(20)17(14-24-22)10-7-13-25-18-11-5-2-6-12-18/h1-6,8-9,11-12,14-15H,13H2,(H2,23,24). The quantitative estimate of drug-likeness (QED) is 0.527. The molecular formula is C22H16N2OS. The van der Waals surface area contributed by atoms with E-state index in [-0.39, 0.29) is 0 Å². The van der Waals surface area contributed by atoms with Gasteiger partial charge in [-0.15, -0.1) is 11.3 Å². The van der Waals surface area contributed by atoms with E-state index < -0.39 is 0 Å². The largest absolute Gasteiger partial charge is 0.481 e. The van der Waals surface area contributed by atoms with Crippen LogP contribution in [0.5, 0.6) is 5.75 Å². The number of rotatable bonds is 3. The van der Waals surface area contributed by atoms with Crippen LogP contribution in [0.3, 0.4) is 0 Å². The van der Waals surface area contributed by atoms with Crippen molar-refractivity contribution in [2.75, 3.05) is 12.3 Å². The van der Waals surface area contributed by atoms with Gasteiger partial charge in [0.25, 0.3) is 0 Å². The Balaban J connectivity index is 1.64. The Bertz CT molecular complexity index is 1090. The number of aromatic nitrogens is 1. The first-order valence-electron chi connectivity index (χ1n) is 8.21. The van der Waals surface area contributed by atoms with E-state index in [0.717, 1.165) is 32.5 Å². The van der Waals surface area contributed by atoms with Gasteiger partial charge in [0.05, 0.1) is 10.3 Å². The topological polar surface area (TPSA) is 48.1 Å². The fraction of sp³-hybridized carbons (Fsp3) is 0.0455. The molecule has 0 aliphatic heterocycles. The number of nitrogens with two attached hydrogens (primary N) is 1. The Kier molecular flexibility index (Phi) is 4.55. The summed E-state index contributed by atoms with van der Waals surface area (Å²) in [7, 11) is 0. The summed E-state index contributed by atoms with van der Waals surface area (Å²) >= 11 is 1.64. The van der Waals surface area contributed by atoms with Crippen molar-refractivity contribution in [1.29, 1.82) is 0 Å². The zero-order valence-electron chi connectivity index (χ0n) is 14.0. The first-order chi connectivity index (χ1) is 12.8. The lowest BCUT2D eigenvalue weighted by molar-refractivity contribution is 0.370. The molecule has 0 fully saturated rings. The van der Waals surface area contributed by atoms with Gasteiger partial charge >= 0.3 is 0 Å². The van der Waals surface area contributed by atoms with Gasteiger partial charge in [-0.05, 0) is 23.1 Å². The molecule has 2 aromatic heterocycles. The van der Waals surface area contributed by atoms with E-state index in [9.17, 15) is 0 Å². The molecule has 0 bridgehead atoms. The second-order valence-corrected chi connectivity index (χ2v) is 6.56. The van der Waals surface area contributed by atoms with Crippen LogP contribution in [0.15, 0.2) is 72.2 Å². The van der Waals surface area contributed by atoms with Crippen LogP contribution in [0.2, 0.25) is 0 Å². The molecule has 26 heavy (non-hydrogen) atoms. The molecule has 126 valence electrons. The highest BCUT2D eigenvalue weighted by Gasteiger charge is 2.12. The van der Waals surface area contributed by atoms with Crippen LogP contribution < -0.4 is 10.5 Å². The second-order valence-electron chi connectivity index (χ2n) is 5.68. The maximum Gasteiger partial charge on any atom is 0.149 e. The first kappa shape index (κ1) is 16.2. The van der Waals surface area contributed by atoms with Gasteiger partial charge in [-0.1, -0.05) is 60.4 Å². The minimum atomic E-state index is 0.326. The molecule has 2 heterocycles. The Morgan fingerprint density at radius 2 is 1.73 bits per heavy atom. The van der Waals surface area contributed by atoms with Crippen molar-refractivity contribution in [3.05, 3.63) is 77.8 Å². The van der Waals surface area contributed by atoms with Crippen LogP contribution in [-0.2, 0) is 0 Å². The number of para-hydroxylation sites is 1. The smallest absolute Gasteiger partial charge is 0.149 e. The van der Waals surface area contributed by atoms with Gasteiger partial charge in [0.15, 0.2) is 0 Å². The van der Waals surface area contributed by atoms with Gasteiger partial charge in [-0.2, -0.15) is 0 Å². The average molecular weight is 356 g/mol. The fourth-order valence-electron chi connectivity index (χ4n) is 2.75. The summed E-state index contributed by atoms with van der Waals surface area (Å²) in [5, 5.41) is 3.08. The lowest BCUT2D eigenvalue weighted by atomic mass is 10.0. The monoisotopic (exact) mass is 356 g/mol. The second kappa shape index (κ2) is 7.30. The summed E-state index contributed by atoms with van der Waals surface area (Å²) < 4.78 is 6.68. The Hall–Kier alpha value is -3.29. The normalized spacial score (nSPS) is 10.3. The Morgan fingerprint density at radius 3 is 2.50 bits per heavy atom. The molecule has 0 saturated heterocycles. The van der Waals surface area contributed by atoms with E-state index in [4.69, 9.17) is 10.5 Å². The van der Waals surface area contributed by atoms with E-state index in [0.29, 0.717) is 12.4 Å². The number of anilines is 1. The van der Waals surface area contributed by atoms with Crippen molar-refractivity contribution >= 4 is 27.2 Å². The van der Waals surface area contributed by atoms with Crippen LogP contribution in [0.25, 0.3) is 21.2 Å². The zero-order valence-corrected chi connectivity index (χ0v) is 14.8. The molecular weight excluding hydrogens is 340 g/mol. The molecule has 0 spiro atoms. The van der Waals surface area contributed by atoms with Crippen molar-refractivity contribution in [3.8, 4) is 28.7 Å². The van der Waals surface area contributed by atoms with Crippen molar-refractivity contribution in [1.82, 2.24) is 4.98 Å². The molecule has 3 nitrogen and oxygen atoms in total. The van der Waals surface area contributed by atoms with Crippen molar-refractivity contribution in [3.63, 3.8) is 0 Å². The zero-order chi connectivity index (χ0) is 17.8. The summed E-state index contributed by atoms with van der Waals surface area (Å²) in [5.74, 6) is 7.58. The predicted octanol–water partition coefficient (Wildman–Crippen LogP) is 4.98. The van der Waals surface area contributed by atoms with Crippen LogP contribution in [0.4, 0.5) is 5.82 Å². The number of hydrogen-bond donors (Lipinski definition) is 1. The highest BCUT2D eigenvalue weighted by atomic mass is 32.1. The number of fused-ring (bicyclic) bond motifs is 1. The predicted molar refractivity (Wildman–Crippen MR) is 108 cm³/mol. The molecule has 4 heteroatoms. The Labute approximate surface area is 156 Å². The molecule has 0 unspecified atom stereocenters. The first-order valence-corrected chi connectivity index (χ1v) is 9.09. The highest BCUT2D eigenvalue weighted by Crippen LogP contribution is 2.38. The molecule has 2 N–H and O–H groups in total. The van der Waals surface area contributed by atoms with Crippen LogP contribution in [0.1, 0.15) is 5.56 Å². The summed E-state index contributed by atoms with van der Waals surface area (Å²) in [4.78, 5) is 4.34. The van der Waals surface area contributed by atoms with Crippen LogP contribution in [-0.4, -0.2) is 11.6 Å². The van der Waals surface area contributed by atoms with Crippen molar-refractivity contribution in [2.45, 2.75) is 0 Å². The summed E-state index contributed by atoms with van der Waals surface area (Å²) in [6, 6.07) is 19.9. The third-order valence-corrected chi connectivity index (χ3v) is 5.00. The lowest BCUT2D eigenvalue weighted by Crippen LogP contribution is -1.94. The molecule has 4 aromatic rings. The minimum Gasteiger partial charge on any atom is -0.481 e. The third kappa shape index (κ3) is 3.26. The SMILES string of the molecule is Nc1ncc(C#CCOc2ccccc2)c2scc(-c3ccccc3)c12. The van der Waals surface area contributed by atoms with Gasteiger partial charge in [-0.25, -0.2) is 4.98 Å². The molecule has 0 saturated carbocycles. The summed E-state index contributed by atoms with van der Waals surface area (Å²) in [5.41, 5.74) is 9.26. The lowest BCUT2D eigenvalue weighted by Gasteiger charge is -2.03. The average Bonchev–Trinajstić information content (AvgIpc) is 3.14. The van der Waals surface area contributed by atoms with Gasteiger partial charge in [-0.3, -0.25) is 0 Å². The molecule has 0 amide bonds. The number of thiophene rings is 1. The van der Waals surface area contributed by atoms with Crippen LogP contribution in [0, 0.1) is 11.8 Å². The van der Waals surface area contributed by atoms with Crippen LogP contribution >= 0.6 is 11.3 Å². The molecule has 0 aliphatic rings. The molecule has 2 aromatic carbocycles.